The Bertz CT molecular complexity index is 630. The van der Waals surface area contributed by atoms with Gasteiger partial charge < -0.3 is 5.32 Å². The van der Waals surface area contributed by atoms with E-state index in [0.717, 1.165) is 22.2 Å². The highest BCUT2D eigenvalue weighted by Gasteiger charge is 2.16. The van der Waals surface area contributed by atoms with Crippen molar-refractivity contribution in [1.82, 2.24) is 10.3 Å². The number of aryl methyl sites for hydroxylation is 1. The first-order valence-corrected chi connectivity index (χ1v) is 7.36. The smallest absolute Gasteiger partial charge is 0.176 e. The predicted octanol–water partition coefficient (Wildman–Crippen LogP) is 3.26. The molecule has 1 aliphatic rings. The molecule has 1 saturated carbocycles. The number of aromatic nitrogens is 1. The molecule has 0 bridgehead atoms. The van der Waals surface area contributed by atoms with Crippen LogP contribution < -0.4 is 5.32 Å². The van der Waals surface area contributed by atoms with E-state index >= 15 is 0 Å². The Morgan fingerprint density at radius 2 is 2.05 bits per heavy atom. The predicted molar refractivity (Wildman–Crippen MR) is 81.1 cm³/mol. The molecule has 0 unspecified atom stereocenters. The number of benzene rings is 1. The maximum Gasteiger partial charge on any atom is 0.176 e. The molecule has 1 aromatic carbocycles. The van der Waals surface area contributed by atoms with Crippen LogP contribution in [0.25, 0.3) is 10.9 Å². The third-order valence-corrected chi connectivity index (χ3v) is 4.06. The minimum Gasteiger partial charge on any atom is -0.307 e. The Morgan fingerprint density at radius 3 is 2.85 bits per heavy atom. The van der Waals surface area contributed by atoms with Crippen molar-refractivity contribution < 1.29 is 4.79 Å². The number of carbonyl (C=O) groups is 1. The molecular formula is C17H20N2O. The quantitative estimate of drug-likeness (QED) is 0.865. The van der Waals surface area contributed by atoms with Crippen molar-refractivity contribution in [3.05, 3.63) is 41.6 Å². The van der Waals surface area contributed by atoms with Gasteiger partial charge in [-0.05, 0) is 44.0 Å². The maximum atomic E-state index is 12.2. The molecule has 1 fully saturated rings. The summed E-state index contributed by atoms with van der Waals surface area (Å²) in [6.07, 6.45) is 4.97. The molecule has 0 aliphatic heterocycles. The van der Waals surface area contributed by atoms with Crippen molar-refractivity contribution in [2.75, 3.05) is 6.54 Å². The third kappa shape index (κ3) is 2.88. The summed E-state index contributed by atoms with van der Waals surface area (Å²) < 4.78 is 0. The number of pyridine rings is 1. The molecule has 0 atom stereocenters. The van der Waals surface area contributed by atoms with Crippen LogP contribution in [-0.4, -0.2) is 23.4 Å². The van der Waals surface area contributed by atoms with Crippen LogP contribution >= 0.6 is 0 Å². The fourth-order valence-corrected chi connectivity index (χ4v) is 2.87. The standard InChI is InChI=1S/C17H20N2O/c1-12-6-7-13-10-14(8-9-16(13)19-12)17(20)11-18-15-4-2-3-5-15/h6-10,15,18H,2-5,11H2,1H3. The molecule has 3 nitrogen and oxygen atoms in total. The van der Waals surface area contributed by atoms with Gasteiger partial charge in [-0.3, -0.25) is 9.78 Å². The molecule has 0 radical (unpaired) electrons. The van der Waals surface area contributed by atoms with Gasteiger partial charge in [0.2, 0.25) is 0 Å². The van der Waals surface area contributed by atoms with Crippen LogP contribution in [-0.2, 0) is 0 Å². The minimum atomic E-state index is 0.166. The van der Waals surface area contributed by atoms with E-state index < -0.39 is 0 Å². The van der Waals surface area contributed by atoms with E-state index in [9.17, 15) is 4.79 Å². The van der Waals surface area contributed by atoms with Crippen molar-refractivity contribution in [2.24, 2.45) is 0 Å². The van der Waals surface area contributed by atoms with Crippen molar-refractivity contribution in [3.63, 3.8) is 0 Å². The van der Waals surface area contributed by atoms with Gasteiger partial charge in [0.05, 0.1) is 12.1 Å². The van der Waals surface area contributed by atoms with E-state index in [4.69, 9.17) is 0 Å². The second kappa shape index (κ2) is 5.71. The zero-order valence-corrected chi connectivity index (χ0v) is 11.9. The molecule has 1 aromatic heterocycles. The van der Waals surface area contributed by atoms with Gasteiger partial charge in [0, 0.05) is 22.7 Å². The second-order valence-electron chi connectivity index (χ2n) is 5.65. The highest BCUT2D eigenvalue weighted by Crippen LogP contribution is 2.18. The van der Waals surface area contributed by atoms with Crippen LogP contribution in [0.1, 0.15) is 41.7 Å². The van der Waals surface area contributed by atoms with E-state index in [0.29, 0.717) is 12.6 Å². The Kier molecular flexibility index (Phi) is 3.79. The molecule has 1 heterocycles. The van der Waals surface area contributed by atoms with Crippen LogP contribution in [0.15, 0.2) is 30.3 Å². The van der Waals surface area contributed by atoms with Gasteiger partial charge in [-0.2, -0.15) is 0 Å². The van der Waals surface area contributed by atoms with Crippen molar-refractivity contribution in [2.45, 2.75) is 38.6 Å². The van der Waals surface area contributed by atoms with Crippen molar-refractivity contribution in [1.29, 1.82) is 0 Å². The molecule has 0 amide bonds. The Balaban J connectivity index is 1.72. The zero-order chi connectivity index (χ0) is 13.9. The summed E-state index contributed by atoms with van der Waals surface area (Å²) in [6.45, 7) is 2.42. The molecule has 0 saturated heterocycles. The summed E-state index contributed by atoms with van der Waals surface area (Å²) in [4.78, 5) is 16.7. The van der Waals surface area contributed by atoms with Crippen molar-refractivity contribution in [3.8, 4) is 0 Å². The average molecular weight is 268 g/mol. The maximum absolute atomic E-state index is 12.2. The lowest BCUT2D eigenvalue weighted by molar-refractivity contribution is 0.0987. The van der Waals surface area contributed by atoms with E-state index in [1.807, 2.05) is 37.3 Å². The molecule has 104 valence electrons. The summed E-state index contributed by atoms with van der Waals surface area (Å²) >= 11 is 0. The first-order valence-electron chi connectivity index (χ1n) is 7.36. The summed E-state index contributed by atoms with van der Waals surface area (Å²) in [7, 11) is 0. The van der Waals surface area contributed by atoms with Crippen LogP contribution in [0, 0.1) is 6.92 Å². The number of Topliss-reactive ketones (excluding diaryl/α,β-unsaturated/α-hetero) is 1. The van der Waals surface area contributed by atoms with Gasteiger partial charge in [-0.1, -0.05) is 18.9 Å². The SMILES string of the molecule is Cc1ccc2cc(C(=O)CNC3CCCC3)ccc2n1. The zero-order valence-electron chi connectivity index (χ0n) is 11.9. The fourth-order valence-electron chi connectivity index (χ4n) is 2.87. The fraction of sp³-hybridized carbons (Fsp3) is 0.412. The van der Waals surface area contributed by atoms with E-state index in [1.54, 1.807) is 0 Å². The molecule has 0 spiro atoms. The van der Waals surface area contributed by atoms with E-state index in [2.05, 4.69) is 10.3 Å². The molecule has 1 N–H and O–H groups in total. The van der Waals surface area contributed by atoms with Gasteiger partial charge in [0.1, 0.15) is 0 Å². The number of nitrogens with one attached hydrogen (secondary N) is 1. The summed E-state index contributed by atoms with van der Waals surface area (Å²) in [5.41, 5.74) is 2.72. The van der Waals surface area contributed by atoms with E-state index in [-0.39, 0.29) is 5.78 Å². The highest BCUT2D eigenvalue weighted by molar-refractivity contribution is 6.00. The average Bonchev–Trinajstić information content (AvgIpc) is 2.97. The number of fused-ring (bicyclic) bond motifs is 1. The normalized spacial score (nSPS) is 15.8. The highest BCUT2D eigenvalue weighted by atomic mass is 16.1. The van der Waals surface area contributed by atoms with Gasteiger partial charge >= 0.3 is 0 Å². The van der Waals surface area contributed by atoms with Crippen LogP contribution in [0.3, 0.4) is 0 Å². The Morgan fingerprint density at radius 1 is 1.25 bits per heavy atom. The van der Waals surface area contributed by atoms with Gasteiger partial charge in [-0.25, -0.2) is 0 Å². The van der Waals surface area contributed by atoms with Crippen LogP contribution in [0.2, 0.25) is 0 Å². The number of carbonyl (C=O) groups excluding carboxylic acids is 1. The topological polar surface area (TPSA) is 42.0 Å². The lowest BCUT2D eigenvalue weighted by Gasteiger charge is -2.11. The van der Waals surface area contributed by atoms with E-state index in [1.165, 1.54) is 25.7 Å². The monoisotopic (exact) mass is 268 g/mol. The molecular weight excluding hydrogens is 248 g/mol. The minimum absolute atomic E-state index is 0.166. The summed E-state index contributed by atoms with van der Waals surface area (Å²) in [5, 5.41) is 4.40. The third-order valence-electron chi connectivity index (χ3n) is 4.06. The first kappa shape index (κ1) is 13.3. The second-order valence-corrected chi connectivity index (χ2v) is 5.65. The summed E-state index contributed by atoms with van der Waals surface area (Å²) in [5.74, 6) is 0.166. The largest absolute Gasteiger partial charge is 0.307 e. The summed E-state index contributed by atoms with van der Waals surface area (Å²) in [6, 6.07) is 10.3. The van der Waals surface area contributed by atoms with Gasteiger partial charge in [0.15, 0.2) is 5.78 Å². The lowest BCUT2D eigenvalue weighted by atomic mass is 10.1. The molecule has 1 aliphatic carbocycles. The molecule has 3 rings (SSSR count). The van der Waals surface area contributed by atoms with Crippen LogP contribution in [0.5, 0.6) is 0 Å². The van der Waals surface area contributed by atoms with Crippen molar-refractivity contribution >= 4 is 16.7 Å². The number of ketones is 1. The number of hydrogen-bond acceptors (Lipinski definition) is 3. The molecule has 3 heteroatoms. The number of rotatable bonds is 4. The number of hydrogen-bond donors (Lipinski definition) is 1. The number of nitrogens with zero attached hydrogens (tertiary/aromatic N) is 1. The molecule has 2 aromatic rings. The Labute approximate surface area is 119 Å². The first-order chi connectivity index (χ1) is 9.72. The molecule has 20 heavy (non-hydrogen) atoms. The lowest BCUT2D eigenvalue weighted by Crippen LogP contribution is -2.31. The van der Waals surface area contributed by atoms with Gasteiger partial charge in [0.25, 0.3) is 0 Å². The van der Waals surface area contributed by atoms with Crippen LogP contribution in [0.4, 0.5) is 0 Å². The van der Waals surface area contributed by atoms with Gasteiger partial charge in [-0.15, -0.1) is 0 Å². The Hall–Kier alpha value is -1.74.